The van der Waals surface area contributed by atoms with Gasteiger partial charge in [-0.1, -0.05) is 79.2 Å². The molecule has 0 radical (unpaired) electrons. The standard InChI is InChI=1S/C24H26N2O2S/c27-23-16-17-25-24(26-23)29-19-7-2-1-6-18-28-22-14-12-21(13-15-22)11-10-20-8-4-3-5-9-20/h3-5,8-17H,1-2,6-7,18-19H2,(H,25,26,27)/b11-10+. The van der Waals surface area contributed by atoms with E-state index in [9.17, 15) is 4.79 Å². The normalized spacial score (nSPS) is 11.0. The molecule has 0 saturated carbocycles. The fourth-order valence-corrected chi connectivity index (χ4v) is 3.62. The monoisotopic (exact) mass is 406 g/mol. The van der Waals surface area contributed by atoms with E-state index in [0.29, 0.717) is 5.16 Å². The van der Waals surface area contributed by atoms with E-state index in [-0.39, 0.29) is 5.56 Å². The summed E-state index contributed by atoms with van der Waals surface area (Å²) in [6, 6.07) is 19.9. The maximum atomic E-state index is 11.2. The van der Waals surface area contributed by atoms with Crippen molar-refractivity contribution in [3.8, 4) is 5.75 Å². The van der Waals surface area contributed by atoms with Crippen molar-refractivity contribution in [1.29, 1.82) is 0 Å². The molecule has 3 aromatic rings. The van der Waals surface area contributed by atoms with Crippen LogP contribution in [-0.2, 0) is 0 Å². The summed E-state index contributed by atoms with van der Waals surface area (Å²) < 4.78 is 5.83. The molecule has 1 heterocycles. The fourth-order valence-electron chi connectivity index (χ4n) is 2.77. The number of aromatic nitrogens is 2. The molecule has 0 bridgehead atoms. The van der Waals surface area contributed by atoms with Gasteiger partial charge in [0.1, 0.15) is 5.75 Å². The summed E-state index contributed by atoms with van der Waals surface area (Å²) >= 11 is 1.60. The van der Waals surface area contributed by atoms with E-state index in [1.807, 2.05) is 30.3 Å². The first-order valence-electron chi connectivity index (χ1n) is 9.94. The third-order valence-corrected chi connectivity index (χ3v) is 5.32. The third kappa shape index (κ3) is 8.00. The average molecular weight is 407 g/mol. The SMILES string of the molecule is O=c1ccnc(SCCCCCCOc2ccc(/C=C/c3ccccc3)cc2)[nH]1. The van der Waals surface area contributed by atoms with Gasteiger partial charge in [-0.05, 0) is 36.1 Å². The van der Waals surface area contributed by atoms with E-state index in [4.69, 9.17) is 4.74 Å². The van der Waals surface area contributed by atoms with E-state index in [2.05, 4.69) is 46.4 Å². The molecule has 0 aliphatic heterocycles. The first-order chi connectivity index (χ1) is 14.3. The average Bonchev–Trinajstić information content (AvgIpc) is 2.76. The fraction of sp³-hybridized carbons (Fsp3) is 0.250. The Bertz CT molecular complexity index is 937. The predicted molar refractivity (Wildman–Crippen MR) is 121 cm³/mol. The molecule has 150 valence electrons. The van der Waals surface area contributed by atoms with Gasteiger partial charge in [-0.2, -0.15) is 0 Å². The van der Waals surface area contributed by atoms with Crippen molar-refractivity contribution in [2.75, 3.05) is 12.4 Å². The Morgan fingerprint density at radius 1 is 0.862 bits per heavy atom. The van der Waals surface area contributed by atoms with Gasteiger partial charge in [0.15, 0.2) is 5.16 Å². The molecule has 3 rings (SSSR count). The minimum atomic E-state index is -0.0973. The molecule has 0 spiro atoms. The summed E-state index contributed by atoms with van der Waals surface area (Å²) in [5, 5.41) is 0.697. The van der Waals surface area contributed by atoms with Crippen LogP contribution in [0.3, 0.4) is 0 Å². The smallest absolute Gasteiger partial charge is 0.251 e. The number of nitrogens with zero attached hydrogens (tertiary/aromatic N) is 1. The zero-order valence-electron chi connectivity index (χ0n) is 16.4. The second-order valence-electron chi connectivity index (χ2n) is 6.66. The van der Waals surface area contributed by atoms with Crippen LogP contribution < -0.4 is 10.3 Å². The molecule has 1 aromatic heterocycles. The number of unbranched alkanes of at least 4 members (excludes halogenated alkanes) is 3. The van der Waals surface area contributed by atoms with Gasteiger partial charge in [-0.25, -0.2) is 4.98 Å². The highest BCUT2D eigenvalue weighted by atomic mass is 32.2. The summed E-state index contributed by atoms with van der Waals surface area (Å²) in [7, 11) is 0. The molecule has 0 aliphatic rings. The highest BCUT2D eigenvalue weighted by molar-refractivity contribution is 7.99. The third-order valence-electron chi connectivity index (χ3n) is 4.34. The molecule has 0 atom stereocenters. The van der Waals surface area contributed by atoms with Crippen molar-refractivity contribution in [2.45, 2.75) is 30.8 Å². The Morgan fingerprint density at radius 2 is 1.59 bits per heavy atom. The van der Waals surface area contributed by atoms with Crippen molar-refractivity contribution in [3.63, 3.8) is 0 Å². The lowest BCUT2D eigenvalue weighted by Crippen LogP contribution is -2.05. The number of rotatable bonds is 11. The Labute approximate surface area is 176 Å². The first-order valence-corrected chi connectivity index (χ1v) is 10.9. The largest absolute Gasteiger partial charge is 0.494 e. The second kappa shape index (κ2) is 11.9. The number of ether oxygens (including phenoxy) is 1. The summed E-state index contributed by atoms with van der Waals surface area (Å²) in [6.07, 6.45) is 10.2. The number of H-pyrrole nitrogens is 1. The minimum absolute atomic E-state index is 0.0973. The summed E-state index contributed by atoms with van der Waals surface area (Å²) in [5.74, 6) is 1.88. The number of hydrogen-bond acceptors (Lipinski definition) is 4. The maximum absolute atomic E-state index is 11.2. The van der Waals surface area contributed by atoms with Crippen molar-refractivity contribution in [1.82, 2.24) is 9.97 Å². The van der Waals surface area contributed by atoms with Crippen LogP contribution in [0.2, 0.25) is 0 Å². The van der Waals surface area contributed by atoms with E-state index < -0.39 is 0 Å². The topological polar surface area (TPSA) is 55.0 Å². The van der Waals surface area contributed by atoms with E-state index in [1.54, 1.807) is 18.0 Å². The molecular formula is C24H26N2O2S. The van der Waals surface area contributed by atoms with Crippen molar-refractivity contribution in [3.05, 3.63) is 88.3 Å². The Kier molecular flexibility index (Phi) is 8.60. The van der Waals surface area contributed by atoms with Crippen molar-refractivity contribution >= 4 is 23.9 Å². The van der Waals surface area contributed by atoms with Crippen molar-refractivity contribution in [2.24, 2.45) is 0 Å². The number of thioether (sulfide) groups is 1. The zero-order chi connectivity index (χ0) is 20.2. The number of benzene rings is 2. The van der Waals surface area contributed by atoms with Crippen LogP contribution in [0.5, 0.6) is 5.75 Å². The lowest BCUT2D eigenvalue weighted by molar-refractivity contribution is 0.305. The maximum Gasteiger partial charge on any atom is 0.251 e. The van der Waals surface area contributed by atoms with E-state index in [0.717, 1.165) is 49.4 Å². The van der Waals surface area contributed by atoms with Crippen LogP contribution in [0.25, 0.3) is 12.2 Å². The van der Waals surface area contributed by atoms with Gasteiger partial charge in [-0.3, -0.25) is 4.79 Å². The van der Waals surface area contributed by atoms with Gasteiger partial charge in [0.25, 0.3) is 5.56 Å². The van der Waals surface area contributed by atoms with Crippen molar-refractivity contribution < 1.29 is 4.74 Å². The summed E-state index contributed by atoms with van der Waals surface area (Å²) in [4.78, 5) is 18.1. The van der Waals surface area contributed by atoms with E-state index >= 15 is 0 Å². The van der Waals surface area contributed by atoms with Gasteiger partial charge in [-0.15, -0.1) is 0 Å². The molecular weight excluding hydrogens is 380 g/mol. The van der Waals surface area contributed by atoms with Crippen LogP contribution in [0.4, 0.5) is 0 Å². The van der Waals surface area contributed by atoms with Gasteiger partial charge < -0.3 is 9.72 Å². The van der Waals surface area contributed by atoms with E-state index in [1.165, 1.54) is 11.6 Å². The summed E-state index contributed by atoms with van der Waals surface area (Å²) in [6.45, 7) is 0.736. The predicted octanol–water partition coefficient (Wildman–Crippen LogP) is 5.67. The molecule has 0 aliphatic carbocycles. The quantitative estimate of drug-likeness (QED) is 0.193. The molecule has 4 nitrogen and oxygen atoms in total. The Morgan fingerprint density at radius 3 is 2.34 bits per heavy atom. The lowest BCUT2D eigenvalue weighted by atomic mass is 10.1. The highest BCUT2D eigenvalue weighted by Gasteiger charge is 1.98. The van der Waals surface area contributed by atoms with Gasteiger partial charge in [0.2, 0.25) is 0 Å². The molecule has 5 heteroatoms. The van der Waals surface area contributed by atoms with Crippen LogP contribution in [0.15, 0.2) is 76.8 Å². The van der Waals surface area contributed by atoms with Crippen LogP contribution in [0.1, 0.15) is 36.8 Å². The first kappa shape index (κ1) is 20.9. The Balaban J connectivity index is 1.27. The van der Waals surface area contributed by atoms with Gasteiger partial charge in [0.05, 0.1) is 6.61 Å². The molecule has 0 fully saturated rings. The Hall–Kier alpha value is -2.79. The van der Waals surface area contributed by atoms with Crippen LogP contribution in [0, 0.1) is 0 Å². The minimum Gasteiger partial charge on any atom is -0.494 e. The highest BCUT2D eigenvalue weighted by Crippen LogP contribution is 2.16. The molecule has 0 unspecified atom stereocenters. The molecule has 2 aromatic carbocycles. The zero-order valence-corrected chi connectivity index (χ0v) is 17.2. The van der Waals surface area contributed by atoms with Crippen LogP contribution in [-0.4, -0.2) is 22.3 Å². The number of aromatic amines is 1. The number of hydrogen-bond donors (Lipinski definition) is 1. The molecule has 1 N–H and O–H groups in total. The molecule has 29 heavy (non-hydrogen) atoms. The molecule has 0 amide bonds. The molecule has 0 saturated heterocycles. The second-order valence-corrected chi connectivity index (χ2v) is 7.75. The lowest BCUT2D eigenvalue weighted by Gasteiger charge is -2.06. The van der Waals surface area contributed by atoms with Gasteiger partial charge in [0, 0.05) is 18.0 Å². The van der Waals surface area contributed by atoms with Crippen LogP contribution >= 0.6 is 11.8 Å². The van der Waals surface area contributed by atoms with Gasteiger partial charge >= 0.3 is 0 Å². The number of nitrogens with one attached hydrogen (secondary N) is 1. The summed E-state index contributed by atoms with van der Waals surface area (Å²) in [5.41, 5.74) is 2.26.